The fourth-order valence-electron chi connectivity index (χ4n) is 4.56. The number of benzene rings is 4. The van der Waals surface area contributed by atoms with Crippen molar-refractivity contribution in [3.8, 4) is 34.6 Å². The molecule has 0 saturated carbocycles. The summed E-state index contributed by atoms with van der Waals surface area (Å²) >= 11 is 11.7. The number of sulfonamides is 2. The van der Waals surface area contributed by atoms with E-state index >= 15 is 0 Å². The van der Waals surface area contributed by atoms with Gasteiger partial charge >= 0.3 is 46.9 Å². The third kappa shape index (κ3) is 10.5. The first-order chi connectivity index (χ1) is 25.4. The Labute approximate surface area is 362 Å². The van der Waals surface area contributed by atoms with Gasteiger partial charge in [-0.3, -0.25) is 0 Å². The standard InChI is InChI=1S/2C16H14ClN5O4S.Cr.Na/c2*1-9-15(16(24)22(21-9)10-5-3-2-4-6-10)20-19-12-7-11(17)14(8-13(12)23)27(18,25)26;;/h2*2-8,23-24H,1H3,(H2,18,25,26);;/q;;+3;+1/p-4. The molecule has 1 radical (unpaired) electrons. The summed E-state index contributed by atoms with van der Waals surface area (Å²) in [4.78, 5) is -1.02. The second kappa shape index (κ2) is 18.7. The number of aryl methyl sites for hydroxylation is 2. The van der Waals surface area contributed by atoms with Gasteiger partial charge in [-0.2, -0.15) is 20.4 Å². The summed E-state index contributed by atoms with van der Waals surface area (Å²) in [5, 5.41) is 81.8. The van der Waals surface area contributed by atoms with Crippen molar-refractivity contribution in [3.63, 3.8) is 0 Å². The van der Waals surface area contributed by atoms with E-state index in [1.807, 2.05) is 0 Å². The molecule has 0 unspecified atom stereocenters. The van der Waals surface area contributed by atoms with E-state index < -0.39 is 53.1 Å². The number of azo groups is 2. The molecule has 0 spiro atoms. The van der Waals surface area contributed by atoms with Gasteiger partial charge in [0, 0.05) is 11.8 Å². The van der Waals surface area contributed by atoms with Crippen LogP contribution < -0.4 is 60.3 Å². The van der Waals surface area contributed by atoms with Crippen molar-refractivity contribution in [1.29, 1.82) is 0 Å². The molecule has 2 aromatic heterocycles. The summed E-state index contributed by atoms with van der Waals surface area (Å²) in [5.74, 6) is -2.54. The van der Waals surface area contributed by atoms with E-state index in [2.05, 4.69) is 30.7 Å². The fraction of sp³-hybridized carbons (Fsp3) is 0.0625. The van der Waals surface area contributed by atoms with Crippen LogP contribution in [0.4, 0.5) is 22.7 Å². The molecule has 6 aromatic rings. The normalized spacial score (nSPS) is 11.5. The SMILES string of the molecule is Cc1nn(-c2ccccc2)c([O-])c1N=Nc1cc(Cl)c(S(N)(=O)=O)cc1[O-].Cc1nn(-c2ccccc2)c([O-])c1N=Nc1cc(Cl)c(S(N)(=O)=O)cc1[O-].[Cr+3].[Na+]. The van der Waals surface area contributed by atoms with E-state index in [1.54, 1.807) is 74.5 Å². The summed E-state index contributed by atoms with van der Waals surface area (Å²) in [6, 6.07) is 21.0. The Morgan fingerprint density at radius 2 is 0.911 bits per heavy atom. The van der Waals surface area contributed by atoms with Gasteiger partial charge in [0.05, 0.1) is 54.0 Å². The molecular formula is C32H24Cl2CrN10NaO8S2. The predicted molar refractivity (Wildman–Crippen MR) is 188 cm³/mol. The molecule has 0 bridgehead atoms. The zero-order valence-corrected chi connectivity index (χ0v) is 35.5. The maximum absolute atomic E-state index is 12.5. The Morgan fingerprint density at radius 3 is 1.21 bits per heavy atom. The number of hydrogen-bond donors (Lipinski definition) is 2. The Kier molecular flexibility index (Phi) is 15.4. The second-order valence-electron chi connectivity index (χ2n) is 11.0. The van der Waals surface area contributed by atoms with Gasteiger partial charge in [0.15, 0.2) is 0 Å². The fourth-order valence-corrected chi connectivity index (χ4v) is 6.73. The number of halogens is 2. The molecule has 0 atom stereocenters. The maximum Gasteiger partial charge on any atom is 3.00 e. The molecule has 56 heavy (non-hydrogen) atoms. The van der Waals surface area contributed by atoms with Gasteiger partial charge in [-0.15, -0.1) is 10.2 Å². The van der Waals surface area contributed by atoms with Gasteiger partial charge in [0.2, 0.25) is 20.0 Å². The third-order valence-electron chi connectivity index (χ3n) is 7.13. The molecule has 0 fully saturated rings. The van der Waals surface area contributed by atoms with Crippen molar-refractivity contribution in [2.75, 3.05) is 0 Å². The Morgan fingerprint density at radius 1 is 0.589 bits per heavy atom. The molecule has 2 heterocycles. The number of nitrogens with two attached hydrogens (primary N) is 2. The Bertz CT molecular complexity index is 2480. The summed E-state index contributed by atoms with van der Waals surface area (Å²) < 4.78 is 47.8. The van der Waals surface area contributed by atoms with Crippen molar-refractivity contribution in [3.05, 3.63) is 106 Å². The molecule has 6 rings (SSSR count). The van der Waals surface area contributed by atoms with Gasteiger partial charge in [-0.25, -0.2) is 36.5 Å². The van der Waals surface area contributed by atoms with Crippen molar-refractivity contribution in [2.24, 2.45) is 30.7 Å². The van der Waals surface area contributed by atoms with Crippen LogP contribution in [0.2, 0.25) is 10.0 Å². The zero-order valence-electron chi connectivity index (χ0n) is 29.1. The quantitative estimate of drug-likeness (QED) is 0.162. The minimum atomic E-state index is -4.15. The van der Waals surface area contributed by atoms with E-state index in [0.29, 0.717) is 22.8 Å². The third-order valence-corrected chi connectivity index (χ3v) is 9.88. The van der Waals surface area contributed by atoms with E-state index in [4.69, 9.17) is 33.5 Å². The number of rotatable bonds is 8. The zero-order chi connectivity index (χ0) is 39.5. The van der Waals surface area contributed by atoms with Crippen LogP contribution in [0.15, 0.2) is 115 Å². The van der Waals surface area contributed by atoms with Crippen LogP contribution >= 0.6 is 23.2 Å². The van der Waals surface area contributed by atoms with Crippen LogP contribution in [0.5, 0.6) is 23.3 Å². The average molecular weight is 887 g/mol. The monoisotopic (exact) mass is 885 g/mol. The van der Waals surface area contributed by atoms with E-state index in [-0.39, 0.29) is 79.7 Å². The van der Waals surface area contributed by atoms with E-state index in [0.717, 1.165) is 24.3 Å². The van der Waals surface area contributed by atoms with Crippen molar-refractivity contribution in [2.45, 2.75) is 23.6 Å². The van der Waals surface area contributed by atoms with Crippen molar-refractivity contribution < 1.29 is 84.2 Å². The smallest absolute Gasteiger partial charge is 0.871 e. The van der Waals surface area contributed by atoms with E-state index in [9.17, 15) is 37.3 Å². The number of aromatic nitrogens is 4. The number of para-hydroxylation sites is 2. The minimum Gasteiger partial charge on any atom is -0.871 e. The number of hydrogen-bond acceptors (Lipinski definition) is 14. The van der Waals surface area contributed by atoms with Gasteiger partial charge in [-0.1, -0.05) is 71.1 Å². The molecule has 0 amide bonds. The number of primary sulfonamides is 2. The molecule has 0 saturated heterocycles. The van der Waals surface area contributed by atoms with Crippen molar-refractivity contribution >= 4 is 66.0 Å². The minimum absolute atomic E-state index is 0. The van der Waals surface area contributed by atoms with Gasteiger partial charge in [0.1, 0.15) is 11.4 Å². The Hall–Kier alpha value is -4.37. The number of nitrogens with zero attached hydrogens (tertiary/aromatic N) is 8. The van der Waals surface area contributed by atoms with Gasteiger partial charge in [-0.05, 0) is 62.4 Å². The van der Waals surface area contributed by atoms with Crippen LogP contribution in [0.3, 0.4) is 0 Å². The van der Waals surface area contributed by atoms with Crippen LogP contribution in [0.25, 0.3) is 11.4 Å². The first kappa shape index (κ1) is 46.0. The average Bonchev–Trinajstić information content (AvgIpc) is 3.57. The molecule has 4 aromatic carbocycles. The summed E-state index contributed by atoms with van der Waals surface area (Å²) in [7, 11) is -8.30. The molecule has 0 aliphatic heterocycles. The van der Waals surface area contributed by atoms with Gasteiger partial charge < -0.3 is 20.4 Å². The molecular weight excluding hydrogens is 862 g/mol. The van der Waals surface area contributed by atoms with Gasteiger partial charge in [0.25, 0.3) is 0 Å². The largest absolute Gasteiger partial charge is 3.00 e. The van der Waals surface area contributed by atoms with E-state index in [1.165, 1.54) is 9.36 Å². The summed E-state index contributed by atoms with van der Waals surface area (Å²) in [6.07, 6.45) is 0. The van der Waals surface area contributed by atoms with Crippen LogP contribution in [0.1, 0.15) is 11.4 Å². The summed E-state index contributed by atoms with van der Waals surface area (Å²) in [5.41, 5.74) is 1.15. The topological polar surface area (TPSA) is 298 Å². The van der Waals surface area contributed by atoms with Crippen LogP contribution in [0, 0.1) is 13.8 Å². The van der Waals surface area contributed by atoms with Crippen LogP contribution in [-0.4, -0.2) is 36.4 Å². The maximum atomic E-state index is 12.5. The summed E-state index contributed by atoms with van der Waals surface area (Å²) in [6.45, 7) is 3.15. The predicted octanol–water partition coefficient (Wildman–Crippen LogP) is 1.09. The molecule has 0 aliphatic rings. The van der Waals surface area contributed by atoms with Crippen LogP contribution in [-0.2, 0) is 37.4 Å². The molecule has 0 aliphatic carbocycles. The first-order valence-corrected chi connectivity index (χ1v) is 18.8. The molecule has 4 N–H and O–H groups in total. The van der Waals surface area contributed by atoms with Crippen molar-refractivity contribution in [1.82, 2.24) is 19.6 Å². The molecule has 24 heteroatoms. The first-order valence-electron chi connectivity index (χ1n) is 14.9. The Balaban J connectivity index is 0.000000290. The molecule has 283 valence electrons. The molecule has 18 nitrogen and oxygen atoms in total. The second-order valence-corrected chi connectivity index (χ2v) is 14.8.